The van der Waals surface area contributed by atoms with Crippen LogP contribution in [0.25, 0.3) is 0 Å². The first-order valence-electron chi connectivity index (χ1n) is 4.91. The van der Waals surface area contributed by atoms with Crippen LogP contribution in [0.15, 0.2) is 24.5 Å². The van der Waals surface area contributed by atoms with Gasteiger partial charge in [0.1, 0.15) is 16.7 Å². The van der Waals surface area contributed by atoms with Crippen molar-refractivity contribution in [3.63, 3.8) is 0 Å². The van der Waals surface area contributed by atoms with E-state index in [-0.39, 0.29) is 10.8 Å². The Morgan fingerprint density at radius 2 is 1.95 bits per heavy atom. The third-order valence-electron chi connectivity index (χ3n) is 2.08. The molecule has 0 aliphatic heterocycles. The van der Waals surface area contributed by atoms with E-state index in [0.717, 1.165) is 6.20 Å². The molecule has 0 radical (unpaired) electrons. The lowest BCUT2D eigenvalue weighted by Crippen LogP contribution is -2.15. The monoisotopic (exact) mass is 287 g/mol. The zero-order valence-electron chi connectivity index (χ0n) is 9.12. The number of carbonyl (C=O) groups is 1. The molecule has 1 aromatic heterocycles. The number of hydrogen-bond acceptors (Lipinski definition) is 3. The number of amides is 1. The average molecular weight is 288 g/mol. The van der Waals surface area contributed by atoms with E-state index in [1.807, 2.05) is 5.32 Å². The molecule has 0 unspecified atom stereocenters. The Morgan fingerprint density at radius 1 is 1.21 bits per heavy atom. The van der Waals surface area contributed by atoms with E-state index in [1.165, 1.54) is 6.20 Å². The minimum absolute atomic E-state index is 0.0430. The van der Waals surface area contributed by atoms with Crippen LogP contribution in [0, 0.1) is 17.5 Å². The van der Waals surface area contributed by atoms with Crippen LogP contribution >= 0.6 is 11.6 Å². The summed E-state index contributed by atoms with van der Waals surface area (Å²) in [5, 5.41) is 1.94. The predicted octanol–water partition coefficient (Wildman–Crippen LogP) is 2.80. The lowest BCUT2D eigenvalue weighted by Gasteiger charge is -2.06. The van der Waals surface area contributed by atoms with E-state index in [2.05, 4.69) is 9.97 Å². The first-order chi connectivity index (χ1) is 8.97. The Balaban J connectivity index is 2.29. The van der Waals surface area contributed by atoms with Gasteiger partial charge in [-0.3, -0.25) is 9.78 Å². The van der Waals surface area contributed by atoms with Gasteiger partial charge in [-0.2, -0.15) is 0 Å². The first-order valence-corrected chi connectivity index (χ1v) is 5.28. The molecule has 4 nitrogen and oxygen atoms in total. The van der Waals surface area contributed by atoms with Gasteiger partial charge in [-0.05, 0) is 0 Å². The summed E-state index contributed by atoms with van der Waals surface area (Å²) in [5.74, 6) is -4.69. The van der Waals surface area contributed by atoms with Gasteiger partial charge in [0.05, 0.1) is 18.1 Å². The molecule has 19 heavy (non-hydrogen) atoms. The van der Waals surface area contributed by atoms with Crippen LogP contribution in [0.4, 0.5) is 18.9 Å². The van der Waals surface area contributed by atoms with Gasteiger partial charge in [-0.15, -0.1) is 0 Å². The number of rotatable bonds is 2. The number of nitrogens with one attached hydrogen (secondary N) is 1. The summed E-state index contributed by atoms with van der Waals surface area (Å²) < 4.78 is 39.2. The van der Waals surface area contributed by atoms with Crippen LogP contribution in [0.5, 0.6) is 0 Å². The minimum Gasteiger partial charge on any atom is -0.318 e. The van der Waals surface area contributed by atoms with Crippen molar-refractivity contribution in [3.8, 4) is 0 Å². The molecule has 0 saturated heterocycles. The Kier molecular flexibility index (Phi) is 3.66. The van der Waals surface area contributed by atoms with Crippen molar-refractivity contribution in [3.05, 3.63) is 52.8 Å². The molecule has 1 heterocycles. The van der Waals surface area contributed by atoms with Gasteiger partial charge in [-0.25, -0.2) is 18.2 Å². The molecule has 0 fully saturated rings. The molecule has 2 aromatic rings. The predicted molar refractivity (Wildman–Crippen MR) is 61.3 cm³/mol. The van der Waals surface area contributed by atoms with Crippen LogP contribution in [-0.2, 0) is 0 Å². The normalized spacial score (nSPS) is 10.3. The summed E-state index contributed by atoms with van der Waals surface area (Å²) in [7, 11) is 0. The van der Waals surface area contributed by atoms with E-state index in [0.29, 0.717) is 12.1 Å². The Morgan fingerprint density at radius 3 is 2.63 bits per heavy atom. The molecule has 0 bridgehead atoms. The number of hydrogen-bond donors (Lipinski definition) is 1. The maximum Gasteiger partial charge on any atom is 0.276 e. The molecule has 8 heteroatoms. The second-order valence-corrected chi connectivity index (χ2v) is 3.82. The molecule has 2 rings (SSSR count). The Hall–Kier alpha value is -2.15. The van der Waals surface area contributed by atoms with E-state index >= 15 is 0 Å². The smallest absolute Gasteiger partial charge is 0.276 e. The summed E-state index contributed by atoms with van der Waals surface area (Å²) in [6, 6.07) is 1.01. The molecule has 1 aromatic carbocycles. The van der Waals surface area contributed by atoms with Crippen molar-refractivity contribution in [2.75, 3.05) is 5.32 Å². The maximum absolute atomic E-state index is 13.3. The molecule has 0 atom stereocenters. The topological polar surface area (TPSA) is 54.9 Å². The fraction of sp³-hybridized carbons (Fsp3) is 0. The molecular formula is C11H5ClF3N3O. The second-order valence-electron chi connectivity index (χ2n) is 3.43. The van der Waals surface area contributed by atoms with E-state index in [9.17, 15) is 18.0 Å². The van der Waals surface area contributed by atoms with Crippen LogP contribution in [0.3, 0.4) is 0 Å². The van der Waals surface area contributed by atoms with Crippen LogP contribution < -0.4 is 5.32 Å². The summed E-state index contributed by atoms with van der Waals surface area (Å²) in [6.45, 7) is 0. The van der Waals surface area contributed by atoms with Crippen LogP contribution in [-0.4, -0.2) is 15.9 Å². The van der Waals surface area contributed by atoms with Gasteiger partial charge in [0.15, 0.2) is 11.6 Å². The average Bonchev–Trinajstić information content (AvgIpc) is 2.35. The molecule has 1 N–H and O–H groups in total. The SMILES string of the molecule is O=C(Nc1cc(F)cc(F)c1F)c1cncc(Cl)n1. The van der Waals surface area contributed by atoms with Gasteiger partial charge in [0, 0.05) is 12.1 Å². The summed E-state index contributed by atoms with van der Waals surface area (Å²) >= 11 is 5.53. The number of benzene rings is 1. The summed E-state index contributed by atoms with van der Waals surface area (Å²) in [4.78, 5) is 18.9. The van der Waals surface area contributed by atoms with Gasteiger partial charge in [-0.1, -0.05) is 11.6 Å². The van der Waals surface area contributed by atoms with Crippen molar-refractivity contribution in [1.29, 1.82) is 0 Å². The highest BCUT2D eigenvalue weighted by atomic mass is 35.5. The van der Waals surface area contributed by atoms with Gasteiger partial charge in [0.2, 0.25) is 0 Å². The fourth-order valence-electron chi connectivity index (χ4n) is 1.28. The lowest BCUT2D eigenvalue weighted by molar-refractivity contribution is 0.102. The maximum atomic E-state index is 13.3. The van der Waals surface area contributed by atoms with Gasteiger partial charge in [0.25, 0.3) is 5.91 Å². The van der Waals surface area contributed by atoms with Gasteiger partial charge < -0.3 is 5.32 Å². The minimum atomic E-state index is -1.41. The highest BCUT2D eigenvalue weighted by Gasteiger charge is 2.15. The van der Waals surface area contributed by atoms with E-state index in [4.69, 9.17) is 11.6 Å². The first kappa shape index (κ1) is 13.3. The highest BCUT2D eigenvalue weighted by molar-refractivity contribution is 6.29. The van der Waals surface area contributed by atoms with Crippen molar-refractivity contribution in [2.45, 2.75) is 0 Å². The molecule has 0 saturated carbocycles. The molecular weight excluding hydrogens is 283 g/mol. The number of anilines is 1. The van der Waals surface area contributed by atoms with E-state index < -0.39 is 29.0 Å². The molecule has 0 aliphatic rings. The van der Waals surface area contributed by atoms with Crippen LogP contribution in [0.2, 0.25) is 5.15 Å². The molecule has 0 aliphatic carbocycles. The molecule has 0 spiro atoms. The fourth-order valence-corrected chi connectivity index (χ4v) is 1.43. The largest absolute Gasteiger partial charge is 0.318 e. The zero-order valence-corrected chi connectivity index (χ0v) is 9.88. The molecule has 98 valence electrons. The van der Waals surface area contributed by atoms with Crippen molar-refractivity contribution < 1.29 is 18.0 Å². The Labute approximate surface area is 110 Å². The summed E-state index contributed by atoms with van der Waals surface area (Å²) in [6.07, 6.45) is 2.27. The van der Waals surface area contributed by atoms with E-state index in [1.54, 1.807) is 0 Å². The highest BCUT2D eigenvalue weighted by Crippen LogP contribution is 2.19. The third kappa shape index (κ3) is 3.00. The molecule has 1 amide bonds. The number of halogens is 4. The Bertz CT molecular complexity index is 651. The number of nitrogens with zero attached hydrogens (tertiary/aromatic N) is 2. The summed E-state index contributed by atoms with van der Waals surface area (Å²) in [5.41, 5.74) is -0.846. The third-order valence-corrected chi connectivity index (χ3v) is 2.26. The van der Waals surface area contributed by atoms with Crippen molar-refractivity contribution >= 4 is 23.2 Å². The quantitative estimate of drug-likeness (QED) is 0.864. The van der Waals surface area contributed by atoms with Gasteiger partial charge >= 0.3 is 0 Å². The van der Waals surface area contributed by atoms with Crippen molar-refractivity contribution in [1.82, 2.24) is 9.97 Å². The number of aromatic nitrogens is 2. The second kappa shape index (κ2) is 5.23. The number of carbonyl (C=O) groups excluding carboxylic acids is 1. The standard InChI is InChI=1S/C11H5ClF3N3O/c12-9-4-16-3-8(17-9)11(19)18-7-2-5(13)1-6(14)10(7)15/h1-4H,(H,18,19). The van der Waals surface area contributed by atoms with Crippen LogP contribution in [0.1, 0.15) is 10.5 Å². The lowest BCUT2D eigenvalue weighted by atomic mass is 10.2. The van der Waals surface area contributed by atoms with Crippen molar-refractivity contribution in [2.24, 2.45) is 0 Å². The zero-order chi connectivity index (χ0) is 14.0.